The second kappa shape index (κ2) is 7.67. The van der Waals surface area contributed by atoms with Crippen molar-refractivity contribution in [1.29, 1.82) is 0 Å². The first-order valence-corrected chi connectivity index (χ1v) is 8.73. The molecule has 0 unspecified atom stereocenters. The van der Waals surface area contributed by atoms with Crippen molar-refractivity contribution in [2.24, 2.45) is 0 Å². The number of nitrogens with zero attached hydrogens (tertiary/aromatic N) is 3. The van der Waals surface area contributed by atoms with Crippen LogP contribution in [0.15, 0.2) is 40.9 Å². The normalized spacial score (nSPS) is 10.7. The third-order valence-electron chi connectivity index (χ3n) is 3.41. The highest BCUT2D eigenvalue weighted by molar-refractivity contribution is 7.16. The minimum absolute atomic E-state index is 0.131. The zero-order chi connectivity index (χ0) is 17.8. The maximum atomic E-state index is 12.8. The lowest BCUT2D eigenvalue weighted by Crippen LogP contribution is -2.26. The van der Waals surface area contributed by atoms with Crippen LogP contribution in [0, 0.1) is 6.92 Å². The van der Waals surface area contributed by atoms with E-state index >= 15 is 0 Å². The van der Waals surface area contributed by atoms with Gasteiger partial charge in [0.05, 0.1) is 16.4 Å². The molecule has 0 bridgehead atoms. The number of benzene rings is 1. The van der Waals surface area contributed by atoms with Crippen LogP contribution in [-0.2, 0) is 13.2 Å². The largest absolute Gasteiger partial charge is 0.485 e. The van der Waals surface area contributed by atoms with Crippen molar-refractivity contribution in [3.63, 3.8) is 0 Å². The summed E-state index contributed by atoms with van der Waals surface area (Å²) in [7, 11) is 1.75. The predicted octanol–water partition coefficient (Wildman–Crippen LogP) is 3.94. The van der Waals surface area contributed by atoms with Gasteiger partial charge in [0, 0.05) is 18.8 Å². The number of hydrogen-bond acceptors (Lipinski definition) is 6. The van der Waals surface area contributed by atoms with E-state index in [9.17, 15) is 4.79 Å². The first-order valence-electron chi connectivity index (χ1n) is 7.53. The van der Waals surface area contributed by atoms with Crippen LogP contribution in [0.25, 0.3) is 0 Å². The van der Waals surface area contributed by atoms with Gasteiger partial charge in [-0.05, 0) is 24.3 Å². The Morgan fingerprint density at radius 3 is 2.80 bits per heavy atom. The number of thiophene rings is 1. The molecule has 0 spiro atoms. The van der Waals surface area contributed by atoms with Gasteiger partial charge in [-0.15, -0.1) is 11.3 Å². The molecule has 130 valence electrons. The number of carbonyl (C=O) groups excluding carboxylic acids is 1. The molecule has 0 aliphatic heterocycles. The predicted molar refractivity (Wildman–Crippen MR) is 94.9 cm³/mol. The van der Waals surface area contributed by atoms with Gasteiger partial charge in [-0.25, -0.2) is 0 Å². The summed E-state index contributed by atoms with van der Waals surface area (Å²) in [4.78, 5) is 19.5. The standard InChI is InChI=1S/C17H16ClN3O3S/c1-11-19-16(20-24-11)10-23-14-6-4-3-5-13(14)17(22)21(2)9-12-7-8-15(18)25-12/h3-8H,9-10H2,1-2H3. The minimum atomic E-state index is -0.135. The van der Waals surface area contributed by atoms with Crippen molar-refractivity contribution in [1.82, 2.24) is 15.0 Å². The van der Waals surface area contributed by atoms with Crippen LogP contribution >= 0.6 is 22.9 Å². The molecule has 0 fully saturated rings. The zero-order valence-corrected chi connectivity index (χ0v) is 15.3. The molecule has 0 N–H and O–H groups in total. The summed E-state index contributed by atoms with van der Waals surface area (Å²) in [6, 6.07) is 10.8. The van der Waals surface area contributed by atoms with Crippen LogP contribution in [0.2, 0.25) is 4.34 Å². The third kappa shape index (κ3) is 4.37. The van der Waals surface area contributed by atoms with Crippen LogP contribution in [0.4, 0.5) is 0 Å². The van der Waals surface area contributed by atoms with Crippen LogP contribution in [0.3, 0.4) is 0 Å². The minimum Gasteiger partial charge on any atom is -0.485 e. The van der Waals surface area contributed by atoms with Crippen LogP contribution in [0.1, 0.15) is 27.0 Å². The number of aryl methyl sites for hydroxylation is 1. The number of carbonyl (C=O) groups is 1. The first-order chi connectivity index (χ1) is 12.0. The molecule has 1 amide bonds. The van der Waals surface area contributed by atoms with E-state index in [1.54, 1.807) is 37.1 Å². The zero-order valence-electron chi connectivity index (χ0n) is 13.7. The van der Waals surface area contributed by atoms with Gasteiger partial charge in [0.2, 0.25) is 11.7 Å². The maximum absolute atomic E-state index is 12.8. The lowest BCUT2D eigenvalue weighted by Gasteiger charge is -2.18. The van der Waals surface area contributed by atoms with Crippen LogP contribution in [-0.4, -0.2) is 28.0 Å². The van der Waals surface area contributed by atoms with Gasteiger partial charge in [0.15, 0.2) is 6.61 Å². The molecule has 0 saturated heterocycles. The summed E-state index contributed by atoms with van der Waals surface area (Å²) in [5.41, 5.74) is 0.480. The number of hydrogen-bond donors (Lipinski definition) is 0. The fourth-order valence-electron chi connectivity index (χ4n) is 2.26. The van der Waals surface area contributed by atoms with Crippen molar-refractivity contribution >= 4 is 28.8 Å². The number of amides is 1. The van der Waals surface area contributed by atoms with Crippen molar-refractivity contribution in [3.8, 4) is 5.75 Å². The van der Waals surface area contributed by atoms with Crippen LogP contribution < -0.4 is 4.74 Å². The van der Waals surface area contributed by atoms with E-state index in [1.807, 2.05) is 18.2 Å². The lowest BCUT2D eigenvalue weighted by atomic mass is 10.1. The molecule has 6 nitrogen and oxygen atoms in total. The molecule has 0 aliphatic carbocycles. The van der Waals surface area contributed by atoms with E-state index in [-0.39, 0.29) is 12.5 Å². The molecule has 2 heterocycles. The van der Waals surface area contributed by atoms with Crippen LogP contribution in [0.5, 0.6) is 5.75 Å². The molecule has 1 aromatic carbocycles. The van der Waals surface area contributed by atoms with Gasteiger partial charge in [-0.2, -0.15) is 4.98 Å². The van der Waals surface area contributed by atoms with E-state index in [0.717, 1.165) is 4.88 Å². The van der Waals surface area contributed by atoms with Crippen molar-refractivity contribution < 1.29 is 14.1 Å². The van der Waals surface area contributed by atoms with E-state index in [4.69, 9.17) is 20.9 Å². The molecule has 3 rings (SSSR count). The van der Waals surface area contributed by atoms with Gasteiger partial charge < -0.3 is 14.2 Å². The summed E-state index contributed by atoms with van der Waals surface area (Å²) in [6.45, 7) is 2.32. The van der Waals surface area contributed by atoms with Gasteiger partial charge in [-0.3, -0.25) is 4.79 Å². The molecule has 3 aromatic rings. The Morgan fingerprint density at radius 2 is 2.12 bits per heavy atom. The number of para-hydroxylation sites is 1. The topological polar surface area (TPSA) is 68.5 Å². The third-order valence-corrected chi connectivity index (χ3v) is 4.63. The number of halogens is 1. The molecule has 0 saturated carbocycles. The lowest BCUT2D eigenvalue weighted by molar-refractivity contribution is 0.0781. The molecule has 8 heteroatoms. The Hall–Kier alpha value is -2.38. The highest BCUT2D eigenvalue weighted by Gasteiger charge is 2.18. The van der Waals surface area contributed by atoms with E-state index in [2.05, 4.69) is 10.1 Å². The molecule has 0 atom stereocenters. The summed E-state index contributed by atoms with van der Waals surface area (Å²) in [6.07, 6.45) is 0. The molecule has 0 aliphatic rings. The summed E-state index contributed by atoms with van der Waals surface area (Å²) in [5.74, 6) is 1.24. The maximum Gasteiger partial charge on any atom is 0.257 e. The fourth-order valence-corrected chi connectivity index (χ4v) is 3.40. The number of aromatic nitrogens is 2. The molecule has 0 radical (unpaired) electrons. The molecular formula is C17H16ClN3O3S. The SMILES string of the molecule is Cc1nc(COc2ccccc2C(=O)N(C)Cc2ccc(Cl)s2)no1. The second-order valence-electron chi connectivity index (χ2n) is 5.38. The van der Waals surface area contributed by atoms with E-state index < -0.39 is 0 Å². The number of ether oxygens (including phenoxy) is 1. The summed E-state index contributed by atoms with van der Waals surface area (Å²) in [5, 5.41) is 3.78. The van der Waals surface area contributed by atoms with Gasteiger partial charge in [0.25, 0.3) is 5.91 Å². The Balaban J connectivity index is 1.71. The Labute approximate surface area is 154 Å². The quantitative estimate of drug-likeness (QED) is 0.650. The van der Waals surface area contributed by atoms with Gasteiger partial charge in [-0.1, -0.05) is 28.9 Å². The summed E-state index contributed by atoms with van der Waals surface area (Å²) >= 11 is 7.40. The molecule has 25 heavy (non-hydrogen) atoms. The smallest absolute Gasteiger partial charge is 0.257 e. The Bertz CT molecular complexity index is 877. The second-order valence-corrected chi connectivity index (χ2v) is 7.18. The van der Waals surface area contributed by atoms with E-state index in [0.29, 0.717) is 33.9 Å². The van der Waals surface area contributed by atoms with E-state index in [1.165, 1.54) is 11.3 Å². The monoisotopic (exact) mass is 377 g/mol. The molecular weight excluding hydrogens is 362 g/mol. The number of rotatable bonds is 6. The van der Waals surface area contributed by atoms with Crippen molar-refractivity contribution in [3.05, 3.63) is 62.9 Å². The highest BCUT2D eigenvalue weighted by atomic mass is 35.5. The average molecular weight is 378 g/mol. The molecule has 2 aromatic heterocycles. The van der Waals surface area contributed by atoms with Gasteiger partial charge in [0.1, 0.15) is 5.75 Å². The Morgan fingerprint density at radius 1 is 1.32 bits per heavy atom. The Kier molecular flexibility index (Phi) is 5.35. The fraction of sp³-hybridized carbons (Fsp3) is 0.235. The highest BCUT2D eigenvalue weighted by Crippen LogP contribution is 2.25. The van der Waals surface area contributed by atoms with Crippen molar-refractivity contribution in [2.45, 2.75) is 20.1 Å². The van der Waals surface area contributed by atoms with Gasteiger partial charge >= 0.3 is 0 Å². The van der Waals surface area contributed by atoms with Crippen molar-refractivity contribution in [2.75, 3.05) is 7.05 Å². The first kappa shape index (κ1) is 17.4. The average Bonchev–Trinajstić information content (AvgIpc) is 3.20. The summed E-state index contributed by atoms with van der Waals surface area (Å²) < 4.78 is 11.3.